The number of hydroxylamine groups is 1. The normalized spacial score (nSPS) is 10.5. The third-order valence-electron chi connectivity index (χ3n) is 2.34. The Morgan fingerprint density at radius 3 is 2.14 bits per heavy atom. The second-order valence-electron chi connectivity index (χ2n) is 3.96. The molecule has 0 fully saturated rings. The maximum absolute atomic E-state index is 5.18. The van der Waals surface area contributed by atoms with E-state index in [4.69, 9.17) is 19.0 Å². The molecule has 1 aromatic rings. The van der Waals surface area contributed by atoms with Gasteiger partial charge in [-0.3, -0.25) is 4.84 Å². The van der Waals surface area contributed by atoms with Crippen LogP contribution in [-0.2, 0) is 19.0 Å². The van der Waals surface area contributed by atoms with Crippen LogP contribution >= 0.6 is 0 Å². The number of hydrogen-bond acceptors (Lipinski definition) is 10. The largest absolute Gasteiger partial charge is 0.364 e. The SMILES string of the molecule is COCNc1nc(N(C)COC)nc(N(COC)OC)n1. The summed E-state index contributed by atoms with van der Waals surface area (Å²) < 4.78 is 15.0. The monoisotopic (exact) mass is 302 g/mol. The number of nitrogens with zero attached hydrogens (tertiary/aromatic N) is 5. The molecule has 0 bridgehead atoms. The Labute approximate surface area is 123 Å². The Balaban J connectivity index is 3.06. The zero-order chi connectivity index (χ0) is 15.7. The molecule has 0 aliphatic rings. The Kier molecular flexibility index (Phi) is 7.61. The minimum Gasteiger partial charge on any atom is -0.364 e. The molecule has 0 aliphatic carbocycles. The van der Waals surface area contributed by atoms with Gasteiger partial charge in [0.05, 0.1) is 7.11 Å². The number of hydrogen-bond donors (Lipinski definition) is 1. The maximum atomic E-state index is 5.18. The Morgan fingerprint density at radius 1 is 0.905 bits per heavy atom. The predicted molar refractivity (Wildman–Crippen MR) is 77.0 cm³/mol. The molecular formula is C11H22N6O4. The number of methoxy groups -OCH3 is 3. The molecule has 1 rings (SSSR count). The Bertz CT molecular complexity index is 422. The van der Waals surface area contributed by atoms with Crippen molar-refractivity contribution in [2.75, 3.05) is 71.0 Å². The maximum Gasteiger partial charge on any atom is 0.258 e. The van der Waals surface area contributed by atoms with Crippen LogP contribution in [-0.4, -0.2) is 70.6 Å². The first-order valence-electron chi connectivity index (χ1n) is 6.15. The second kappa shape index (κ2) is 9.23. The number of ether oxygens (including phenoxy) is 3. The zero-order valence-corrected chi connectivity index (χ0v) is 13.0. The third kappa shape index (κ3) is 5.27. The van der Waals surface area contributed by atoms with Gasteiger partial charge in [0.1, 0.15) is 20.2 Å². The van der Waals surface area contributed by atoms with E-state index in [0.717, 1.165) is 0 Å². The van der Waals surface area contributed by atoms with E-state index in [1.807, 2.05) is 0 Å². The van der Waals surface area contributed by atoms with Crippen LogP contribution < -0.4 is 15.3 Å². The van der Waals surface area contributed by atoms with Gasteiger partial charge >= 0.3 is 0 Å². The molecule has 10 nitrogen and oxygen atoms in total. The molecule has 0 aliphatic heterocycles. The smallest absolute Gasteiger partial charge is 0.258 e. The molecule has 0 radical (unpaired) electrons. The highest BCUT2D eigenvalue weighted by molar-refractivity contribution is 5.43. The van der Waals surface area contributed by atoms with Crippen molar-refractivity contribution in [2.45, 2.75) is 0 Å². The summed E-state index contributed by atoms with van der Waals surface area (Å²) in [5.74, 6) is 1.10. The van der Waals surface area contributed by atoms with Crippen LogP contribution in [0.3, 0.4) is 0 Å². The van der Waals surface area contributed by atoms with Gasteiger partial charge in [0.15, 0.2) is 0 Å². The molecule has 21 heavy (non-hydrogen) atoms. The standard InChI is InChI=1S/C11H22N6O4/c1-16(7-19-3)10-13-9(12-6-18-2)14-11(15-10)17(21-5)8-20-4/h6-8H2,1-5H3,(H,12,13,14,15). The molecule has 1 heterocycles. The number of anilines is 3. The van der Waals surface area contributed by atoms with Crippen molar-refractivity contribution in [2.24, 2.45) is 0 Å². The molecule has 0 spiro atoms. The van der Waals surface area contributed by atoms with Gasteiger partial charge in [0.2, 0.25) is 11.9 Å². The Morgan fingerprint density at radius 2 is 1.57 bits per heavy atom. The van der Waals surface area contributed by atoms with Crippen LogP contribution in [0, 0.1) is 0 Å². The molecule has 120 valence electrons. The van der Waals surface area contributed by atoms with Gasteiger partial charge in [-0.05, 0) is 0 Å². The Hall–Kier alpha value is -1.75. The minimum absolute atomic E-state index is 0.178. The summed E-state index contributed by atoms with van der Waals surface area (Å²) >= 11 is 0. The van der Waals surface area contributed by atoms with Gasteiger partial charge in [0.25, 0.3) is 5.95 Å². The number of rotatable bonds is 10. The molecular weight excluding hydrogens is 280 g/mol. The number of aromatic nitrogens is 3. The molecule has 0 aromatic carbocycles. The van der Waals surface area contributed by atoms with E-state index in [-0.39, 0.29) is 13.5 Å². The zero-order valence-electron chi connectivity index (χ0n) is 13.0. The van der Waals surface area contributed by atoms with Crippen molar-refractivity contribution in [1.82, 2.24) is 15.0 Å². The van der Waals surface area contributed by atoms with E-state index in [0.29, 0.717) is 24.6 Å². The average molecular weight is 302 g/mol. The van der Waals surface area contributed by atoms with Gasteiger partial charge < -0.3 is 24.4 Å². The minimum atomic E-state index is 0.178. The lowest BCUT2D eigenvalue weighted by Crippen LogP contribution is -2.29. The summed E-state index contributed by atoms with van der Waals surface area (Å²) in [6, 6.07) is 0. The summed E-state index contributed by atoms with van der Waals surface area (Å²) in [6.07, 6.45) is 0. The van der Waals surface area contributed by atoms with Crippen molar-refractivity contribution < 1.29 is 19.0 Å². The van der Waals surface area contributed by atoms with Gasteiger partial charge in [0, 0.05) is 28.4 Å². The van der Waals surface area contributed by atoms with E-state index in [1.165, 1.54) is 12.2 Å². The fraction of sp³-hybridized carbons (Fsp3) is 0.727. The topological polar surface area (TPSA) is 94.1 Å². The van der Waals surface area contributed by atoms with Crippen LogP contribution in [0.15, 0.2) is 0 Å². The molecule has 0 saturated carbocycles. The molecule has 0 saturated heterocycles. The van der Waals surface area contributed by atoms with E-state index in [2.05, 4.69) is 20.3 Å². The van der Waals surface area contributed by atoms with E-state index in [1.54, 1.807) is 33.3 Å². The molecule has 0 unspecified atom stereocenters. The first-order chi connectivity index (χ1) is 10.2. The summed E-state index contributed by atoms with van der Waals surface area (Å²) in [5, 5.41) is 4.31. The summed E-state index contributed by atoms with van der Waals surface area (Å²) in [7, 11) is 8.02. The van der Waals surface area contributed by atoms with Gasteiger partial charge in [-0.15, -0.1) is 0 Å². The van der Waals surface area contributed by atoms with Crippen molar-refractivity contribution in [3.63, 3.8) is 0 Å². The lowest BCUT2D eigenvalue weighted by atomic mass is 10.7. The molecule has 0 atom stereocenters. The van der Waals surface area contributed by atoms with E-state index < -0.39 is 0 Å². The van der Waals surface area contributed by atoms with Crippen LogP contribution in [0.1, 0.15) is 0 Å². The highest BCUT2D eigenvalue weighted by Gasteiger charge is 2.15. The summed E-state index contributed by atoms with van der Waals surface area (Å²) in [4.78, 5) is 19.7. The van der Waals surface area contributed by atoms with Crippen molar-refractivity contribution in [3.05, 3.63) is 0 Å². The second-order valence-corrected chi connectivity index (χ2v) is 3.96. The van der Waals surface area contributed by atoms with Crippen molar-refractivity contribution in [3.8, 4) is 0 Å². The van der Waals surface area contributed by atoms with Crippen LogP contribution in [0.2, 0.25) is 0 Å². The number of nitrogens with one attached hydrogen (secondary N) is 1. The molecule has 1 N–H and O–H groups in total. The predicted octanol–water partition coefficient (Wildman–Crippen LogP) is -0.101. The van der Waals surface area contributed by atoms with Crippen LogP contribution in [0.5, 0.6) is 0 Å². The molecule has 10 heteroatoms. The fourth-order valence-electron chi connectivity index (χ4n) is 1.41. The van der Waals surface area contributed by atoms with Crippen LogP contribution in [0.25, 0.3) is 0 Å². The summed E-state index contributed by atoms with van der Waals surface area (Å²) in [5.41, 5.74) is 0. The molecule has 1 aromatic heterocycles. The van der Waals surface area contributed by atoms with Gasteiger partial charge in [-0.1, -0.05) is 0 Å². The van der Waals surface area contributed by atoms with Crippen LogP contribution in [0.4, 0.5) is 17.8 Å². The lowest BCUT2D eigenvalue weighted by molar-refractivity contribution is 0.0707. The van der Waals surface area contributed by atoms with Gasteiger partial charge in [-0.2, -0.15) is 20.0 Å². The quantitative estimate of drug-likeness (QED) is 0.466. The first kappa shape index (κ1) is 17.3. The summed E-state index contributed by atoms with van der Waals surface area (Å²) in [6.45, 7) is 0.788. The first-order valence-corrected chi connectivity index (χ1v) is 6.15. The third-order valence-corrected chi connectivity index (χ3v) is 2.34. The molecule has 0 amide bonds. The highest BCUT2D eigenvalue weighted by Crippen LogP contribution is 2.16. The lowest BCUT2D eigenvalue weighted by Gasteiger charge is -2.21. The average Bonchev–Trinajstić information content (AvgIpc) is 2.50. The van der Waals surface area contributed by atoms with Crippen molar-refractivity contribution >= 4 is 17.8 Å². The van der Waals surface area contributed by atoms with Crippen molar-refractivity contribution in [1.29, 1.82) is 0 Å². The van der Waals surface area contributed by atoms with E-state index >= 15 is 0 Å². The fourth-order valence-corrected chi connectivity index (χ4v) is 1.41. The van der Waals surface area contributed by atoms with Gasteiger partial charge in [-0.25, -0.2) is 0 Å². The highest BCUT2D eigenvalue weighted by atomic mass is 16.7. The van der Waals surface area contributed by atoms with E-state index in [9.17, 15) is 0 Å².